The molecule has 0 aromatic carbocycles. The lowest BCUT2D eigenvalue weighted by Gasteiger charge is -2.27. The standard InChI is InChI=1S/C17H31N7O6S/c18-9(8-31)15(28)24-6-2-4-12(24)14(27)23-11(7-25)13(26)22-10(16(29)30)3-1-5-21-17(19)20/h9-12,25,31H,1-8,18H2,(H,22,26)(H,23,27)(H,29,30)(H4,19,20,21). The minimum absolute atomic E-state index is 0.0382. The summed E-state index contributed by atoms with van der Waals surface area (Å²) < 4.78 is 0. The van der Waals surface area contributed by atoms with E-state index in [9.17, 15) is 29.4 Å². The Morgan fingerprint density at radius 2 is 1.87 bits per heavy atom. The minimum Gasteiger partial charge on any atom is -0.480 e. The summed E-state index contributed by atoms with van der Waals surface area (Å²) in [4.78, 5) is 53.8. The molecule has 4 atom stereocenters. The van der Waals surface area contributed by atoms with Gasteiger partial charge in [-0.05, 0) is 25.7 Å². The van der Waals surface area contributed by atoms with E-state index in [0.717, 1.165) is 0 Å². The summed E-state index contributed by atoms with van der Waals surface area (Å²) in [5, 5.41) is 23.5. The normalized spacial score (nSPS) is 18.5. The van der Waals surface area contributed by atoms with Crippen molar-refractivity contribution in [2.24, 2.45) is 22.2 Å². The van der Waals surface area contributed by atoms with E-state index in [1.54, 1.807) is 0 Å². The number of nitrogens with zero attached hydrogens (tertiary/aromatic N) is 2. The van der Waals surface area contributed by atoms with Gasteiger partial charge in [0.1, 0.15) is 18.1 Å². The molecular formula is C17H31N7O6S. The average molecular weight is 462 g/mol. The number of aliphatic carboxylic acids is 1. The van der Waals surface area contributed by atoms with E-state index in [1.807, 2.05) is 0 Å². The van der Waals surface area contributed by atoms with Gasteiger partial charge < -0.3 is 42.9 Å². The van der Waals surface area contributed by atoms with Gasteiger partial charge >= 0.3 is 5.97 Å². The number of carboxylic acid groups (broad SMARTS) is 1. The molecule has 0 bridgehead atoms. The zero-order chi connectivity index (χ0) is 23.6. The minimum atomic E-state index is -1.39. The molecule has 3 amide bonds. The fourth-order valence-electron chi connectivity index (χ4n) is 3.09. The number of aliphatic hydroxyl groups is 1. The number of nitrogens with one attached hydrogen (secondary N) is 2. The summed E-state index contributed by atoms with van der Waals surface area (Å²) in [6, 6.07) is -4.34. The van der Waals surface area contributed by atoms with Crippen LogP contribution < -0.4 is 27.8 Å². The van der Waals surface area contributed by atoms with Crippen LogP contribution >= 0.6 is 12.6 Å². The maximum absolute atomic E-state index is 12.6. The highest BCUT2D eigenvalue weighted by Crippen LogP contribution is 2.18. The van der Waals surface area contributed by atoms with E-state index >= 15 is 0 Å². The zero-order valence-corrected chi connectivity index (χ0v) is 18.0. The number of aliphatic hydroxyl groups excluding tert-OH is 1. The predicted octanol–water partition coefficient (Wildman–Crippen LogP) is -3.67. The van der Waals surface area contributed by atoms with Crippen LogP contribution in [-0.4, -0.2) is 94.4 Å². The van der Waals surface area contributed by atoms with Crippen LogP contribution in [-0.2, 0) is 19.2 Å². The Bertz CT molecular complexity index is 688. The van der Waals surface area contributed by atoms with Crippen molar-refractivity contribution in [3.8, 4) is 0 Å². The van der Waals surface area contributed by atoms with E-state index in [2.05, 4.69) is 28.3 Å². The Morgan fingerprint density at radius 1 is 1.19 bits per heavy atom. The summed E-state index contributed by atoms with van der Waals surface area (Å²) in [5.74, 6) is -3.22. The fraction of sp³-hybridized carbons (Fsp3) is 0.706. The largest absolute Gasteiger partial charge is 0.480 e. The summed E-state index contributed by atoms with van der Waals surface area (Å²) >= 11 is 3.99. The van der Waals surface area contributed by atoms with Gasteiger partial charge in [0.2, 0.25) is 17.7 Å². The summed E-state index contributed by atoms with van der Waals surface area (Å²) in [6.07, 6.45) is 1.28. The molecule has 1 aliphatic rings. The first-order valence-electron chi connectivity index (χ1n) is 9.79. The topological polar surface area (TPSA) is 226 Å². The molecular weight excluding hydrogens is 430 g/mol. The number of nitrogens with two attached hydrogens (primary N) is 3. The van der Waals surface area contributed by atoms with Gasteiger partial charge in [-0.1, -0.05) is 0 Å². The van der Waals surface area contributed by atoms with Crippen molar-refractivity contribution in [1.29, 1.82) is 0 Å². The molecule has 1 heterocycles. The summed E-state index contributed by atoms with van der Waals surface area (Å²) in [6.45, 7) is -0.234. The Morgan fingerprint density at radius 3 is 2.42 bits per heavy atom. The quantitative estimate of drug-likeness (QED) is 0.0619. The van der Waals surface area contributed by atoms with Crippen LogP contribution in [0, 0.1) is 0 Å². The van der Waals surface area contributed by atoms with E-state index in [1.165, 1.54) is 4.90 Å². The van der Waals surface area contributed by atoms with Gasteiger partial charge in [-0.3, -0.25) is 19.4 Å². The highest BCUT2D eigenvalue weighted by molar-refractivity contribution is 7.80. The number of rotatable bonds is 12. The molecule has 1 rings (SSSR count). The number of carboxylic acids is 1. The van der Waals surface area contributed by atoms with Gasteiger partial charge in [0, 0.05) is 18.8 Å². The lowest BCUT2D eigenvalue weighted by Crippen LogP contribution is -2.57. The molecule has 0 aromatic rings. The lowest BCUT2D eigenvalue weighted by atomic mass is 10.1. The fourth-order valence-corrected chi connectivity index (χ4v) is 3.25. The van der Waals surface area contributed by atoms with Crippen molar-refractivity contribution in [2.45, 2.75) is 49.9 Å². The number of guanidine groups is 1. The van der Waals surface area contributed by atoms with Crippen molar-refractivity contribution in [1.82, 2.24) is 15.5 Å². The molecule has 1 saturated heterocycles. The third kappa shape index (κ3) is 8.22. The molecule has 0 radical (unpaired) electrons. The van der Waals surface area contributed by atoms with Gasteiger partial charge in [-0.15, -0.1) is 0 Å². The Balaban J connectivity index is 2.71. The van der Waals surface area contributed by atoms with Crippen LogP contribution in [0.3, 0.4) is 0 Å². The number of thiol groups is 1. The van der Waals surface area contributed by atoms with Crippen molar-refractivity contribution >= 4 is 42.3 Å². The number of likely N-dealkylation sites (tertiary alicyclic amines) is 1. The van der Waals surface area contributed by atoms with Crippen LogP contribution in [0.5, 0.6) is 0 Å². The molecule has 10 N–H and O–H groups in total. The number of hydrogen-bond donors (Lipinski definition) is 8. The first-order chi connectivity index (χ1) is 14.6. The molecule has 0 aliphatic carbocycles. The van der Waals surface area contributed by atoms with E-state index in [4.69, 9.17) is 17.2 Å². The highest BCUT2D eigenvalue weighted by atomic mass is 32.1. The summed E-state index contributed by atoms with van der Waals surface area (Å²) in [7, 11) is 0. The third-order valence-electron chi connectivity index (χ3n) is 4.73. The molecule has 31 heavy (non-hydrogen) atoms. The molecule has 14 heteroatoms. The third-order valence-corrected chi connectivity index (χ3v) is 5.12. The first kappa shape index (κ1) is 26.5. The van der Waals surface area contributed by atoms with Crippen molar-refractivity contribution < 1.29 is 29.4 Å². The van der Waals surface area contributed by atoms with Crippen molar-refractivity contribution in [3.05, 3.63) is 0 Å². The van der Waals surface area contributed by atoms with Crippen LogP contribution in [0.4, 0.5) is 0 Å². The van der Waals surface area contributed by atoms with Gasteiger partial charge in [-0.2, -0.15) is 12.6 Å². The summed E-state index contributed by atoms with van der Waals surface area (Å²) in [5.41, 5.74) is 16.1. The number of carbonyl (C=O) groups is 4. The zero-order valence-electron chi connectivity index (χ0n) is 17.1. The number of amides is 3. The highest BCUT2D eigenvalue weighted by Gasteiger charge is 2.37. The van der Waals surface area contributed by atoms with E-state index in [-0.39, 0.29) is 31.1 Å². The average Bonchev–Trinajstić information content (AvgIpc) is 3.22. The number of carbonyl (C=O) groups excluding carboxylic acids is 3. The predicted molar refractivity (Wildman–Crippen MR) is 115 cm³/mol. The van der Waals surface area contributed by atoms with Crippen LogP contribution in [0.1, 0.15) is 25.7 Å². The van der Waals surface area contributed by atoms with Crippen LogP contribution in [0.2, 0.25) is 0 Å². The monoisotopic (exact) mass is 461 g/mol. The van der Waals surface area contributed by atoms with Crippen LogP contribution in [0.15, 0.2) is 4.99 Å². The van der Waals surface area contributed by atoms with Gasteiger partial charge in [0.05, 0.1) is 12.6 Å². The second kappa shape index (κ2) is 13.0. The van der Waals surface area contributed by atoms with Gasteiger partial charge in [-0.25, -0.2) is 4.79 Å². The maximum Gasteiger partial charge on any atom is 0.326 e. The smallest absolute Gasteiger partial charge is 0.326 e. The second-order valence-electron chi connectivity index (χ2n) is 7.07. The lowest BCUT2D eigenvalue weighted by molar-refractivity contribution is -0.143. The van der Waals surface area contributed by atoms with Crippen LogP contribution in [0.25, 0.3) is 0 Å². The van der Waals surface area contributed by atoms with Gasteiger partial charge in [0.15, 0.2) is 5.96 Å². The maximum atomic E-state index is 12.6. The van der Waals surface area contributed by atoms with E-state index in [0.29, 0.717) is 19.4 Å². The first-order valence-corrected chi connectivity index (χ1v) is 10.4. The SMILES string of the molecule is NC(N)=NCCCC(NC(=O)C(CO)NC(=O)C1CCCN1C(=O)C(N)CS)C(=O)O. The molecule has 1 aliphatic heterocycles. The number of aliphatic imine (C=N–C) groups is 1. The Hall–Kier alpha value is -2.58. The van der Waals surface area contributed by atoms with Crippen molar-refractivity contribution in [2.75, 3.05) is 25.4 Å². The second-order valence-corrected chi connectivity index (χ2v) is 7.44. The molecule has 4 unspecified atom stereocenters. The Kier molecular flexibility index (Phi) is 11.1. The molecule has 0 aromatic heterocycles. The molecule has 0 spiro atoms. The van der Waals surface area contributed by atoms with Crippen molar-refractivity contribution in [3.63, 3.8) is 0 Å². The molecule has 0 saturated carbocycles. The number of hydrogen-bond acceptors (Lipinski definition) is 8. The molecule has 176 valence electrons. The van der Waals surface area contributed by atoms with Gasteiger partial charge in [0.25, 0.3) is 0 Å². The molecule has 13 nitrogen and oxygen atoms in total. The molecule has 1 fully saturated rings. The van der Waals surface area contributed by atoms with E-state index < -0.39 is 54.5 Å². The Labute approximate surface area is 185 Å².